The first-order valence-electron chi connectivity index (χ1n) is 11.9. The van der Waals surface area contributed by atoms with Gasteiger partial charge in [-0.25, -0.2) is 0 Å². The van der Waals surface area contributed by atoms with E-state index in [0.717, 1.165) is 23.1 Å². The van der Waals surface area contributed by atoms with Crippen molar-refractivity contribution in [2.45, 2.75) is 58.7 Å². The van der Waals surface area contributed by atoms with Crippen molar-refractivity contribution in [2.75, 3.05) is 0 Å². The molecule has 0 saturated heterocycles. The highest BCUT2D eigenvalue weighted by atomic mass is 35.5. The summed E-state index contributed by atoms with van der Waals surface area (Å²) >= 11 is 12.4. The summed E-state index contributed by atoms with van der Waals surface area (Å²) in [6, 6.07) is 22.2. The standard InChI is InChI=1S/C29H32Cl2N2O2/c1-4-21(3)32-29(35)27(16-22-11-6-5-7-12-22)33(19-24-13-9-8-10-20(24)2)28(34)17-23-14-15-25(30)18-26(23)31/h5-15,18,21,27H,4,16-17,19H2,1-3H3,(H,32,35)/t21-,27+/m0/s1. The van der Waals surface area contributed by atoms with Gasteiger partial charge in [-0.2, -0.15) is 0 Å². The van der Waals surface area contributed by atoms with Gasteiger partial charge in [-0.3, -0.25) is 9.59 Å². The van der Waals surface area contributed by atoms with Crippen LogP contribution in [0.25, 0.3) is 0 Å². The van der Waals surface area contributed by atoms with Gasteiger partial charge in [0, 0.05) is 29.1 Å². The molecule has 0 bridgehead atoms. The van der Waals surface area contributed by atoms with E-state index < -0.39 is 6.04 Å². The van der Waals surface area contributed by atoms with Crippen LogP contribution in [0.1, 0.15) is 42.5 Å². The topological polar surface area (TPSA) is 49.4 Å². The zero-order valence-electron chi connectivity index (χ0n) is 20.4. The quantitative estimate of drug-likeness (QED) is 0.343. The zero-order chi connectivity index (χ0) is 25.4. The van der Waals surface area contributed by atoms with Crippen LogP contribution >= 0.6 is 23.2 Å². The molecule has 0 aromatic heterocycles. The molecule has 0 radical (unpaired) electrons. The number of nitrogens with one attached hydrogen (secondary N) is 1. The summed E-state index contributed by atoms with van der Waals surface area (Å²) in [6.07, 6.45) is 1.29. The SMILES string of the molecule is CC[C@H](C)NC(=O)[C@@H](Cc1ccccc1)N(Cc1ccccc1C)C(=O)Cc1ccc(Cl)cc1Cl. The molecule has 0 fully saturated rings. The third-order valence-corrected chi connectivity index (χ3v) is 6.82. The average molecular weight is 511 g/mol. The van der Waals surface area contributed by atoms with Crippen molar-refractivity contribution >= 4 is 35.0 Å². The van der Waals surface area contributed by atoms with Crippen molar-refractivity contribution in [1.29, 1.82) is 0 Å². The third kappa shape index (κ3) is 7.58. The predicted octanol–water partition coefficient (Wildman–Crippen LogP) is 6.40. The minimum atomic E-state index is -0.676. The summed E-state index contributed by atoms with van der Waals surface area (Å²) in [5.41, 5.74) is 3.73. The van der Waals surface area contributed by atoms with Gasteiger partial charge in [0.15, 0.2) is 0 Å². The number of benzene rings is 3. The highest BCUT2D eigenvalue weighted by molar-refractivity contribution is 6.35. The maximum absolute atomic E-state index is 13.8. The molecular weight excluding hydrogens is 479 g/mol. The lowest BCUT2D eigenvalue weighted by Gasteiger charge is -2.33. The largest absolute Gasteiger partial charge is 0.352 e. The van der Waals surface area contributed by atoms with Crippen molar-refractivity contribution in [2.24, 2.45) is 0 Å². The number of hydrogen-bond donors (Lipinski definition) is 1. The van der Waals surface area contributed by atoms with Gasteiger partial charge in [0.1, 0.15) is 6.04 Å². The summed E-state index contributed by atoms with van der Waals surface area (Å²) in [5, 5.41) is 4.04. The van der Waals surface area contributed by atoms with E-state index in [0.29, 0.717) is 28.6 Å². The van der Waals surface area contributed by atoms with Gasteiger partial charge in [0.2, 0.25) is 11.8 Å². The fraction of sp³-hybridized carbons (Fsp3) is 0.310. The summed E-state index contributed by atoms with van der Waals surface area (Å²) in [4.78, 5) is 29.1. The van der Waals surface area contributed by atoms with Gasteiger partial charge in [0.25, 0.3) is 0 Å². The first-order chi connectivity index (χ1) is 16.8. The van der Waals surface area contributed by atoms with E-state index in [4.69, 9.17) is 23.2 Å². The van der Waals surface area contributed by atoms with E-state index in [1.165, 1.54) is 0 Å². The fourth-order valence-electron chi connectivity index (χ4n) is 3.90. The molecule has 6 heteroatoms. The number of amides is 2. The Bertz CT molecular complexity index is 1150. The lowest BCUT2D eigenvalue weighted by Crippen LogP contribution is -2.52. The first-order valence-corrected chi connectivity index (χ1v) is 12.7. The lowest BCUT2D eigenvalue weighted by atomic mass is 10.00. The van der Waals surface area contributed by atoms with Gasteiger partial charge in [0.05, 0.1) is 6.42 Å². The Kier molecular flexibility index (Phi) is 9.76. The Balaban J connectivity index is 2.00. The highest BCUT2D eigenvalue weighted by Gasteiger charge is 2.31. The molecule has 2 amide bonds. The van der Waals surface area contributed by atoms with Crippen molar-refractivity contribution in [3.05, 3.63) is 105 Å². The maximum Gasteiger partial charge on any atom is 0.243 e. The summed E-state index contributed by atoms with van der Waals surface area (Å²) in [6.45, 7) is 6.33. The second-order valence-corrected chi connectivity index (χ2v) is 9.73. The molecule has 3 aromatic rings. The summed E-state index contributed by atoms with van der Waals surface area (Å²) < 4.78 is 0. The molecule has 0 saturated carbocycles. The van der Waals surface area contributed by atoms with Gasteiger partial charge >= 0.3 is 0 Å². The minimum absolute atomic E-state index is 0.00176. The molecular formula is C29H32Cl2N2O2. The maximum atomic E-state index is 13.8. The number of carbonyl (C=O) groups is 2. The van der Waals surface area contributed by atoms with E-state index in [2.05, 4.69) is 5.32 Å². The van der Waals surface area contributed by atoms with E-state index in [1.54, 1.807) is 23.1 Å². The van der Waals surface area contributed by atoms with Crippen LogP contribution in [-0.4, -0.2) is 28.8 Å². The van der Waals surface area contributed by atoms with Crippen molar-refractivity contribution in [3.63, 3.8) is 0 Å². The molecule has 0 unspecified atom stereocenters. The van der Waals surface area contributed by atoms with Crippen molar-refractivity contribution in [3.8, 4) is 0 Å². The second kappa shape index (κ2) is 12.8. The molecule has 35 heavy (non-hydrogen) atoms. The van der Waals surface area contributed by atoms with Crippen LogP contribution in [0.3, 0.4) is 0 Å². The Hall–Kier alpha value is -2.82. The molecule has 0 spiro atoms. The third-order valence-electron chi connectivity index (χ3n) is 6.23. The Morgan fingerprint density at radius 1 is 0.943 bits per heavy atom. The van der Waals surface area contributed by atoms with Crippen LogP contribution in [0.15, 0.2) is 72.8 Å². The molecule has 0 aliphatic carbocycles. The van der Waals surface area contributed by atoms with Crippen LogP contribution in [0.5, 0.6) is 0 Å². The van der Waals surface area contributed by atoms with E-state index >= 15 is 0 Å². The second-order valence-electron chi connectivity index (χ2n) is 8.88. The number of nitrogens with zero attached hydrogens (tertiary/aromatic N) is 1. The van der Waals surface area contributed by atoms with Crippen molar-refractivity contribution in [1.82, 2.24) is 10.2 Å². The van der Waals surface area contributed by atoms with Gasteiger partial charge in [-0.1, -0.05) is 90.8 Å². The molecule has 2 atom stereocenters. The summed E-state index contributed by atoms with van der Waals surface area (Å²) in [5.74, 6) is -0.329. The lowest BCUT2D eigenvalue weighted by molar-refractivity contribution is -0.141. The van der Waals surface area contributed by atoms with Crippen molar-refractivity contribution < 1.29 is 9.59 Å². The monoisotopic (exact) mass is 510 g/mol. The molecule has 4 nitrogen and oxygen atoms in total. The minimum Gasteiger partial charge on any atom is -0.352 e. The molecule has 184 valence electrons. The van der Waals surface area contributed by atoms with E-state index in [9.17, 15) is 9.59 Å². The Labute approximate surface area is 218 Å². The smallest absolute Gasteiger partial charge is 0.243 e. The zero-order valence-corrected chi connectivity index (χ0v) is 21.9. The van der Waals surface area contributed by atoms with Gasteiger partial charge in [-0.05, 0) is 54.7 Å². The normalized spacial score (nSPS) is 12.6. The molecule has 1 N–H and O–H groups in total. The van der Waals surface area contributed by atoms with E-state index in [1.807, 2.05) is 75.4 Å². The van der Waals surface area contributed by atoms with Crippen LogP contribution in [0.4, 0.5) is 0 Å². The molecule has 0 aliphatic heterocycles. The number of aryl methyl sites for hydroxylation is 1. The van der Waals surface area contributed by atoms with Gasteiger partial charge < -0.3 is 10.2 Å². The highest BCUT2D eigenvalue weighted by Crippen LogP contribution is 2.24. The average Bonchev–Trinajstić information content (AvgIpc) is 2.84. The van der Waals surface area contributed by atoms with Crippen LogP contribution in [-0.2, 0) is 29.0 Å². The molecule has 3 rings (SSSR count). The number of rotatable bonds is 10. The van der Waals surface area contributed by atoms with Crippen LogP contribution in [0.2, 0.25) is 10.0 Å². The number of carbonyl (C=O) groups excluding carboxylic acids is 2. The van der Waals surface area contributed by atoms with Crippen LogP contribution < -0.4 is 5.32 Å². The Morgan fingerprint density at radius 2 is 1.63 bits per heavy atom. The summed E-state index contributed by atoms with van der Waals surface area (Å²) in [7, 11) is 0. The first kappa shape index (κ1) is 26.8. The van der Waals surface area contributed by atoms with E-state index in [-0.39, 0.29) is 24.3 Å². The van der Waals surface area contributed by atoms with Crippen LogP contribution in [0, 0.1) is 6.92 Å². The Morgan fingerprint density at radius 3 is 2.29 bits per heavy atom. The molecule has 0 aliphatic rings. The molecule has 0 heterocycles. The number of halogens is 2. The number of hydrogen-bond acceptors (Lipinski definition) is 2. The predicted molar refractivity (Wildman–Crippen MR) is 144 cm³/mol. The van der Waals surface area contributed by atoms with Gasteiger partial charge in [-0.15, -0.1) is 0 Å². The fourth-order valence-corrected chi connectivity index (χ4v) is 4.37. The molecule has 3 aromatic carbocycles.